The molecule has 5 heteroatoms. The Balaban J connectivity index is 2.54. The normalized spacial score (nSPS) is 16.1. The second kappa shape index (κ2) is 5.70. The molecule has 1 saturated carbocycles. The van der Waals surface area contributed by atoms with Crippen LogP contribution in [0.2, 0.25) is 0 Å². The smallest absolute Gasteiger partial charge is 0.320 e. The maximum atomic E-state index is 12.1. The highest BCUT2D eigenvalue weighted by Crippen LogP contribution is 2.27. The molecule has 0 heterocycles. The summed E-state index contributed by atoms with van der Waals surface area (Å²) >= 11 is 0. The Kier molecular flexibility index (Phi) is 4.54. The van der Waals surface area contributed by atoms with Crippen LogP contribution in [-0.2, 0) is 4.79 Å². The number of nitrogens with zero attached hydrogens (tertiary/aromatic N) is 2. The summed E-state index contributed by atoms with van der Waals surface area (Å²) in [6.45, 7) is 5.99. The number of carboxylic acids is 1. The van der Waals surface area contributed by atoms with Gasteiger partial charge in [-0.05, 0) is 12.8 Å². The monoisotopic (exact) mass is 240 g/mol. The van der Waals surface area contributed by atoms with E-state index in [1.165, 1.54) is 4.90 Å². The van der Waals surface area contributed by atoms with Crippen LogP contribution >= 0.6 is 0 Å². The van der Waals surface area contributed by atoms with E-state index in [-0.39, 0.29) is 12.6 Å². The Labute approximate surface area is 102 Å². The molecule has 0 radical (unpaired) electrons. The lowest BCUT2D eigenvalue weighted by Gasteiger charge is -2.28. The average molecular weight is 240 g/mol. The Morgan fingerprint density at radius 2 is 2.12 bits per heavy atom. The van der Waals surface area contributed by atoms with Crippen LogP contribution in [0.4, 0.5) is 4.79 Å². The largest absolute Gasteiger partial charge is 0.481 e. The molecular weight excluding hydrogens is 220 g/mol. The summed E-state index contributed by atoms with van der Waals surface area (Å²) in [5, 5.41) is 8.81. The summed E-state index contributed by atoms with van der Waals surface area (Å²) in [5.74, 6) is -1.43. The van der Waals surface area contributed by atoms with Crippen LogP contribution in [0.25, 0.3) is 0 Å². The molecule has 1 aliphatic carbocycles. The highest BCUT2D eigenvalue weighted by molar-refractivity contribution is 5.76. The van der Waals surface area contributed by atoms with Gasteiger partial charge in [-0.3, -0.25) is 4.79 Å². The number of aliphatic carboxylic acids is 1. The van der Waals surface area contributed by atoms with Gasteiger partial charge in [-0.1, -0.05) is 13.0 Å². The van der Waals surface area contributed by atoms with Gasteiger partial charge in [0, 0.05) is 26.2 Å². The van der Waals surface area contributed by atoms with E-state index >= 15 is 0 Å². The maximum absolute atomic E-state index is 12.1. The van der Waals surface area contributed by atoms with Crippen LogP contribution in [0, 0.1) is 5.92 Å². The van der Waals surface area contributed by atoms with Gasteiger partial charge in [-0.2, -0.15) is 0 Å². The molecule has 1 atom stereocenters. The van der Waals surface area contributed by atoms with Gasteiger partial charge in [0.25, 0.3) is 0 Å². The van der Waals surface area contributed by atoms with E-state index in [9.17, 15) is 9.59 Å². The van der Waals surface area contributed by atoms with Gasteiger partial charge in [-0.15, -0.1) is 6.58 Å². The molecule has 0 aromatic rings. The molecule has 1 unspecified atom stereocenters. The van der Waals surface area contributed by atoms with Crippen LogP contribution in [0.3, 0.4) is 0 Å². The highest BCUT2D eigenvalue weighted by atomic mass is 16.4. The van der Waals surface area contributed by atoms with E-state index < -0.39 is 11.9 Å². The molecule has 0 aliphatic heterocycles. The lowest BCUT2D eigenvalue weighted by molar-refractivity contribution is -0.141. The SMILES string of the molecule is C=CCN(C(=O)N(C)CC(C)C(=O)O)C1CC1. The van der Waals surface area contributed by atoms with Crippen molar-refractivity contribution in [3.8, 4) is 0 Å². The Hall–Kier alpha value is -1.52. The van der Waals surface area contributed by atoms with E-state index in [0.29, 0.717) is 12.6 Å². The lowest BCUT2D eigenvalue weighted by Crippen LogP contribution is -2.44. The quantitative estimate of drug-likeness (QED) is 0.714. The van der Waals surface area contributed by atoms with Gasteiger partial charge in [0.15, 0.2) is 0 Å². The summed E-state index contributed by atoms with van der Waals surface area (Å²) in [7, 11) is 1.64. The first kappa shape index (κ1) is 13.5. The Bertz CT molecular complexity index is 313. The maximum Gasteiger partial charge on any atom is 0.320 e. The molecule has 1 N–H and O–H groups in total. The first-order valence-electron chi connectivity index (χ1n) is 5.82. The molecule has 0 spiro atoms. The summed E-state index contributed by atoms with van der Waals surface area (Å²) < 4.78 is 0. The van der Waals surface area contributed by atoms with E-state index in [4.69, 9.17) is 5.11 Å². The summed E-state index contributed by atoms with van der Waals surface area (Å²) in [5.41, 5.74) is 0. The second-order valence-electron chi connectivity index (χ2n) is 4.57. The molecule has 1 rings (SSSR count). The van der Waals surface area contributed by atoms with Crippen LogP contribution in [0.15, 0.2) is 12.7 Å². The molecule has 1 aliphatic rings. The van der Waals surface area contributed by atoms with Crippen molar-refractivity contribution in [3.63, 3.8) is 0 Å². The molecule has 2 amide bonds. The zero-order valence-electron chi connectivity index (χ0n) is 10.4. The molecule has 1 fully saturated rings. The van der Waals surface area contributed by atoms with Crippen molar-refractivity contribution in [1.29, 1.82) is 0 Å². The van der Waals surface area contributed by atoms with Gasteiger partial charge in [0.05, 0.1) is 5.92 Å². The fourth-order valence-corrected chi connectivity index (χ4v) is 1.69. The zero-order chi connectivity index (χ0) is 13.0. The lowest BCUT2D eigenvalue weighted by atomic mass is 10.2. The highest BCUT2D eigenvalue weighted by Gasteiger charge is 2.33. The zero-order valence-corrected chi connectivity index (χ0v) is 10.4. The van der Waals surface area contributed by atoms with Gasteiger partial charge in [0.1, 0.15) is 0 Å². The number of amides is 2. The molecule has 5 nitrogen and oxygen atoms in total. The topological polar surface area (TPSA) is 60.9 Å². The number of carbonyl (C=O) groups excluding carboxylic acids is 1. The first-order chi connectivity index (χ1) is 7.97. The van der Waals surface area contributed by atoms with Crippen molar-refractivity contribution in [2.24, 2.45) is 5.92 Å². The standard InChI is InChI=1S/C12H20N2O3/c1-4-7-14(10-5-6-10)12(17)13(3)8-9(2)11(15)16/h4,9-10H,1,5-8H2,2-3H3,(H,15,16). The number of hydrogen-bond donors (Lipinski definition) is 1. The van der Waals surface area contributed by atoms with Crippen molar-refractivity contribution in [3.05, 3.63) is 12.7 Å². The van der Waals surface area contributed by atoms with Crippen molar-refractivity contribution in [2.45, 2.75) is 25.8 Å². The van der Waals surface area contributed by atoms with E-state index in [1.807, 2.05) is 0 Å². The van der Waals surface area contributed by atoms with E-state index in [1.54, 1.807) is 24.9 Å². The molecule has 96 valence electrons. The van der Waals surface area contributed by atoms with Crippen molar-refractivity contribution < 1.29 is 14.7 Å². The van der Waals surface area contributed by atoms with Gasteiger partial charge >= 0.3 is 12.0 Å². The summed E-state index contributed by atoms with van der Waals surface area (Å²) in [4.78, 5) is 26.0. The van der Waals surface area contributed by atoms with Crippen LogP contribution in [0.5, 0.6) is 0 Å². The predicted octanol–water partition coefficient (Wildman–Crippen LogP) is 1.41. The van der Waals surface area contributed by atoms with Gasteiger partial charge in [0.2, 0.25) is 0 Å². The van der Waals surface area contributed by atoms with E-state index in [0.717, 1.165) is 12.8 Å². The molecule has 17 heavy (non-hydrogen) atoms. The summed E-state index contributed by atoms with van der Waals surface area (Å²) in [6.07, 6.45) is 3.76. The minimum Gasteiger partial charge on any atom is -0.481 e. The van der Waals surface area contributed by atoms with E-state index in [2.05, 4.69) is 6.58 Å². The fraction of sp³-hybridized carbons (Fsp3) is 0.667. The average Bonchev–Trinajstić information content (AvgIpc) is 3.08. The van der Waals surface area contributed by atoms with Crippen molar-refractivity contribution >= 4 is 12.0 Å². The number of carboxylic acid groups (broad SMARTS) is 1. The number of hydrogen-bond acceptors (Lipinski definition) is 2. The Morgan fingerprint density at radius 1 is 1.53 bits per heavy atom. The minimum atomic E-state index is -0.883. The third kappa shape index (κ3) is 3.76. The van der Waals surface area contributed by atoms with Crippen molar-refractivity contribution in [2.75, 3.05) is 20.1 Å². The molecule has 0 saturated heterocycles. The second-order valence-corrected chi connectivity index (χ2v) is 4.57. The fourth-order valence-electron chi connectivity index (χ4n) is 1.69. The third-order valence-corrected chi connectivity index (χ3v) is 2.85. The van der Waals surface area contributed by atoms with Crippen molar-refractivity contribution in [1.82, 2.24) is 9.80 Å². The van der Waals surface area contributed by atoms with Crippen LogP contribution in [-0.4, -0.2) is 53.1 Å². The third-order valence-electron chi connectivity index (χ3n) is 2.85. The minimum absolute atomic E-state index is 0.111. The molecule has 0 aromatic heterocycles. The van der Waals surface area contributed by atoms with Crippen LogP contribution < -0.4 is 0 Å². The summed E-state index contributed by atoms with van der Waals surface area (Å²) in [6, 6.07) is 0.198. The van der Waals surface area contributed by atoms with Gasteiger partial charge in [-0.25, -0.2) is 4.79 Å². The van der Waals surface area contributed by atoms with Gasteiger partial charge < -0.3 is 14.9 Å². The molecule has 0 bridgehead atoms. The number of carbonyl (C=O) groups is 2. The van der Waals surface area contributed by atoms with Crippen LogP contribution in [0.1, 0.15) is 19.8 Å². The number of rotatable bonds is 6. The Morgan fingerprint density at radius 3 is 2.53 bits per heavy atom. The molecular formula is C12H20N2O3. The first-order valence-corrected chi connectivity index (χ1v) is 5.82. The molecule has 0 aromatic carbocycles. The predicted molar refractivity (Wildman–Crippen MR) is 64.8 cm³/mol. The number of urea groups is 1.